The number of carbonyl (C=O) groups is 7. The highest BCUT2D eigenvalue weighted by atomic mass is 19.1. The molecule has 2 aromatic heterocycles. The summed E-state index contributed by atoms with van der Waals surface area (Å²) in [5.41, 5.74) is 9.83. The molecular weight excluding hydrogens is 824 g/mol. The first-order chi connectivity index (χ1) is 30.1. The van der Waals surface area contributed by atoms with Crippen LogP contribution in [-0.4, -0.2) is 98.3 Å². The third kappa shape index (κ3) is 8.51. The van der Waals surface area contributed by atoms with E-state index >= 15 is 4.39 Å². The summed E-state index contributed by atoms with van der Waals surface area (Å²) < 4.78 is 22.1. The molecule has 19 nitrogen and oxygen atoms in total. The van der Waals surface area contributed by atoms with Gasteiger partial charge in [0.1, 0.15) is 37.3 Å². The van der Waals surface area contributed by atoms with E-state index in [1.54, 1.807) is 44.2 Å². The molecule has 3 aliphatic rings. The summed E-state index contributed by atoms with van der Waals surface area (Å²) in [4.78, 5) is 108. The predicted octanol–water partition coefficient (Wildman–Crippen LogP) is -0.192. The summed E-state index contributed by atoms with van der Waals surface area (Å²) in [6.45, 7) is 1.11. The molecule has 1 aliphatic carbocycles. The number of benzene rings is 2. The van der Waals surface area contributed by atoms with Gasteiger partial charge in [-0.2, -0.15) is 0 Å². The smallest absolute Gasteiger partial charge is 0.343 e. The number of nitrogens with one attached hydrogen (secondary N) is 4. The van der Waals surface area contributed by atoms with Crippen molar-refractivity contribution in [1.29, 1.82) is 0 Å². The number of carbonyl (C=O) groups excluding carboxylic acids is 6. The monoisotopic (exact) mass is 868 g/mol. The lowest BCUT2D eigenvalue weighted by atomic mass is 9.82. The molecular formula is C43H45FN8O11. The maximum Gasteiger partial charge on any atom is 0.343 e. The van der Waals surface area contributed by atoms with E-state index in [-0.39, 0.29) is 73.4 Å². The van der Waals surface area contributed by atoms with Gasteiger partial charge in [-0.05, 0) is 54.5 Å². The summed E-state index contributed by atoms with van der Waals surface area (Å²) >= 11 is 0. The van der Waals surface area contributed by atoms with Gasteiger partial charge in [-0.3, -0.25) is 33.8 Å². The number of ether oxygens (including phenoxy) is 1. The predicted molar refractivity (Wildman–Crippen MR) is 220 cm³/mol. The fourth-order valence-corrected chi connectivity index (χ4v) is 8.41. The Kier molecular flexibility index (Phi) is 12.5. The zero-order valence-corrected chi connectivity index (χ0v) is 34.3. The van der Waals surface area contributed by atoms with Crippen LogP contribution in [0.5, 0.6) is 0 Å². The molecule has 8 N–H and O–H groups in total. The van der Waals surface area contributed by atoms with Crippen LogP contribution in [0, 0.1) is 12.7 Å². The second-order valence-electron chi connectivity index (χ2n) is 15.7. The minimum Gasteiger partial charge on any atom is -0.480 e. The lowest BCUT2D eigenvalue weighted by Gasteiger charge is -2.34. The van der Waals surface area contributed by atoms with E-state index in [2.05, 4.69) is 21.4 Å². The van der Waals surface area contributed by atoms with Gasteiger partial charge in [0.25, 0.3) is 5.56 Å². The molecule has 7 rings (SSSR count). The first-order valence-electron chi connectivity index (χ1n) is 20.2. The number of carboxylic acid groups (broad SMARTS) is 1. The van der Waals surface area contributed by atoms with Crippen LogP contribution in [0.2, 0.25) is 0 Å². The molecule has 20 heteroatoms. The Morgan fingerprint density at radius 2 is 1.84 bits per heavy atom. The highest BCUT2D eigenvalue weighted by Crippen LogP contribution is 2.46. The van der Waals surface area contributed by atoms with E-state index in [4.69, 9.17) is 15.5 Å². The number of hydrogen-bond acceptors (Lipinski definition) is 13. The average Bonchev–Trinajstić information content (AvgIpc) is 3.64. The molecule has 2 aliphatic heterocycles. The number of esters is 1. The van der Waals surface area contributed by atoms with Crippen LogP contribution in [0.25, 0.3) is 22.3 Å². The topological polar surface area (TPSA) is 281 Å². The van der Waals surface area contributed by atoms with E-state index in [1.165, 1.54) is 16.7 Å². The van der Waals surface area contributed by atoms with Crippen molar-refractivity contribution in [3.8, 4) is 11.4 Å². The van der Waals surface area contributed by atoms with Gasteiger partial charge in [-0.25, -0.2) is 19.6 Å². The molecule has 4 heterocycles. The van der Waals surface area contributed by atoms with Gasteiger partial charge < -0.3 is 46.0 Å². The van der Waals surface area contributed by atoms with E-state index in [1.807, 2.05) is 0 Å². The van der Waals surface area contributed by atoms with Gasteiger partial charge in [0, 0.05) is 29.0 Å². The Morgan fingerprint density at radius 1 is 1.10 bits per heavy atom. The fourth-order valence-electron chi connectivity index (χ4n) is 8.41. The van der Waals surface area contributed by atoms with Gasteiger partial charge in [-0.15, -0.1) is 0 Å². The molecule has 4 atom stereocenters. The summed E-state index contributed by atoms with van der Waals surface area (Å²) in [6, 6.07) is 7.94. The summed E-state index contributed by atoms with van der Waals surface area (Å²) in [7, 11) is 0. The number of cyclic esters (lactones) is 1. The quantitative estimate of drug-likeness (QED) is 0.0385. The third-order valence-corrected chi connectivity index (χ3v) is 11.7. The minimum absolute atomic E-state index is 0.0482. The second kappa shape index (κ2) is 17.8. The van der Waals surface area contributed by atoms with Crippen LogP contribution in [0.15, 0.2) is 47.3 Å². The summed E-state index contributed by atoms with van der Waals surface area (Å²) in [5.74, 6) is -6.06. The van der Waals surface area contributed by atoms with Crippen molar-refractivity contribution in [2.75, 3.05) is 19.6 Å². The highest BCUT2D eigenvalue weighted by molar-refractivity contribution is 5.94. The molecule has 330 valence electrons. The van der Waals surface area contributed by atoms with Crippen molar-refractivity contribution in [2.24, 2.45) is 5.73 Å². The zero-order chi connectivity index (χ0) is 45.3. The van der Waals surface area contributed by atoms with Gasteiger partial charge >= 0.3 is 11.9 Å². The number of aromatic nitrogens is 2. The van der Waals surface area contributed by atoms with Crippen molar-refractivity contribution in [1.82, 2.24) is 35.9 Å². The Balaban J connectivity index is 1.19. The molecule has 4 amide bonds. The number of pyridine rings is 2. The first-order valence-corrected chi connectivity index (χ1v) is 20.2. The average molecular weight is 869 g/mol. The van der Waals surface area contributed by atoms with Gasteiger partial charge in [0.2, 0.25) is 23.6 Å². The molecule has 0 bridgehead atoms. The number of rotatable bonds is 16. The number of nitrogens with two attached hydrogens (primary N) is 1. The molecule has 2 aromatic carbocycles. The van der Waals surface area contributed by atoms with Crippen molar-refractivity contribution in [3.63, 3.8) is 0 Å². The fraction of sp³-hybridized carbons (Fsp3) is 0.372. The number of aryl methyl sites for hydroxylation is 1. The second-order valence-corrected chi connectivity index (χ2v) is 15.7. The van der Waals surface area contributed by atoms with E-state index in [0.717, 1.165) is 5.01 Å². The van der Waals surface area contributed by atoms with E-state index in [9.17, 15) is 48.6 Å². The number of aliphatic carboxylic acids is 1. The molecule has 0 unspecified atom stereocenters. The molecule has 0 saturated heterocycles. The summed E-state index contributed by atoms with van der Waals surface area (Å²) in [5, 5.41) is 29.7. The highest BCUT2D eigenvalue weighted by Gasteiger charge is 2.46. The number of hydrazine groups is 1. The number of carboxylic acids is 1. The SMILES string of the molecule is CC[C@@]1(O)C(=O)OCc2c1cc1n(c2=O)Cc2c-1nc1cc(F)c(C)c3c1c2[C@@H](NN(CC(=O)NCC(=O)N[C@@H](Cc1ccccc1)C(=O)NCC=O)C(=O)C[C@H](N)C(=O)O)CC3. The largest absolute Gasteiger partial charge is 0.480 e. The molecule has 0 saturated carbocycles. The van der Waals surface area contributed by atoms with Crippen molar-refractivity contribution >= 4 is 52.8 Å². The number of hydrogen-bond donors (Lipinski definition) is 7. The number of aliphatic hydroxyl groups is 1. The number of aldehydes is 1. The Labute approximate surface area is 358 Å². The standard InChI is InChI=1S/C43H45FN8O11/c1-3-43(62)26-14-32-38-24(18-51(32)40(58)25(26)20-63-42(43)61)37-29(10-9-23-21(2)27(44)15-30(49-38)36(23)37)50-52(35(56)16-28(45)41(59)60)19-34(55)47-17-33(54)48-31(39(57)46-11-12-53)13-22-7-5-4-6-8-22/h4-8,12,14-15,28-29,31,50,62H,3,9-11,13,16-20,45H2,1-2H3,(H,46,57)(H,47,55)(H,48,54)(H,59,60)/t28-,29-,31-,43-/m0/s1. The Hall–Kier alpha value is -6.90. The molecule has 63 heavy (non-hydrogen) atoms. The van der Waals surface area contributed by atoms with Crippen molar-refractivity contribution < 1.29 is 52.9 Å². The van der Waals surface area contributed by atoms with Crippen molar-refractivity contribution in [3.05, 3.63) is 97.6 Å². The Bertz CT molecular complexity index is 2640. The summed E-state index contributed by atoms with van der Waals surface area (Å²) in [6.07, 6.45) is 0.229. The van der Waals surface area contributed by atoms with Crippen LogP contribution < -0.4 is 32.7 Å². The number of nitrogens with zero attached hydrogens (tertiary/aromatic N) is 3. The van der Waals surface area contributed by atoms with Crippen LogP contribution in [-0.2, 0) is 69.9 Å². The zero-order valence-electron chi connectivity index (χ0n) is 34.3. The number of fused-ring (bicyclic) bond motifs is 5. The normalized spacial score (nSPS) is 17.9. The van der Waals surface area contributed by atoms with Crippen LogP contribution in [0.1, 0.15) is 71.2 Å². The maximum atomic E-state index is 15.5. The van der Waals surface area contributed by atoms with Gasteiger partial charge in [0.15, 0.2) is 5.60 Å². The van der Waals surface area contributed by atoms with Crippen molar-refractivity contribution in [2.45, 2.75) is 82.8 Å². The lowest BCUT2D eigenvalue weighted by molar-refractivity contribution is -0.172. The third-order valence-electron chi connectivity index (χ3n) is 11.7. The molecule has 4 aromatic rings. The van der Waals surface area contributed by atoms with E-state index in [0.29, 0.717) is 39.5 Å². The molecule has 0 radical (unpaired) electrons. The maximum absolute atomic E-state index is 15.5. The van der Waals surface area contributed by atoms with Gasteiger partial charge in [-0.1, -0.05) is 37.3 Å². The van der Waals surface area contributed by atoms with Gasteiger partial charge in [0.05, 0.1) is 54.6 Å². The number of amides is 4. The Morgan fingerprint density at radius 3 is 2.54 bits per heavy atom. The first kappa shape index (κ1) is 44.2. The molecule has 0 spiro atoms. The van der Waals surface area contributed by atoms with Crippen LogP contribution in [0.4, 0.5) is 4.39 Å². The molecule has 0 fully saturated rings. The van der Waals surface area contributed by atoms with Crippen LogP contribution in [0.3, 0.4) is 0 Å². The van der Waals surface area contributed by atoms with E-state index < -0.39 is 90.2 Å². The lowest BCUT2D eigenvalue weighted by Crippen LogP contribution is -2.54. The number of halogens is 1. The van der Waals surface area contributed by atoms with Crippen LogP contribution >= 0.6 is 0 Å². The minimum atomic E-state index is -2.11.